The summed E-state index contributed by atoms with van der Waals surface area (Å²) in [6, 6.07) is 0. The molecule has 0 fully saturated rings. The van der Waals surface area contributed by atoms with Crippen LogP contribution in [0.15, 0.2) is 10.9 Å². The molecular weight excluding hydrogens is 209 g/mol. The van der Waals surface area contributed by atoms with E-state index in [1.807, 2.05) is 6.92 Å². The van der Waals surface area contributed by atoms with Crippen LogP contribution in [0.5, 0.6) is 0 Å². The van der Waals surface area contributed by atoms with Crippen molar-refractivity contribution in [1.29, 1.82) is 0 Å². The van der Waals surface area contributed by atoms with Gasteiger partial charge in [0.1, 0.15) is 5.69 Å². The van der Waals surface area contributed by atoms with E-state index in [2.05, 4.69) is 4.98 Å². The lowest BCUT2D eigenvalue weighted by Crippen LogP contribution is -2.26. The summed E-state index contributed by atoms with van der Waals surface area (Å²) in [6.45, 7) is 4.01. The van der Waals surface area contributed by atoms with Crippen LogP contribution in [0.25, 0.3) is 0 Å². The standard InChI is InChI=1S/C7H10NO3PS/c1-3-10-7(2,11-12-9)6-4-13-5-8-6/h4-5H,3H2,1-2H3. The van der Waals surface area contributed by atoms with Crippen molar-refractivity contribution in [2.24, 2.45) is 0 Å². The third-order valence-corrected chi connectivity index (χ3v) is 2.54. The maximum Gasteiger partial charge on any atom is 0.330 e. The van der Waals surface area contributed by atoms with Crippen LogP contribution in [0.1, 0.15) is 19.5 Å². The molecule has 4 nitrogen and oxygen atoms in total. The van der Waals surface area contributed by atoms with Crippen molar-refractivity contribution in [2.45, 2.75) is 19.6 Å². The minimum absolute atomic E-state index is 0.408. The quantitative estimate of drug-likeness (QED) is 0.564. The molecule has 6 heteroatoms. The highest BCUT2D eigenvalue weighted by Gasteiger charge is 2.30. The summed E-state index contributed by atoms with van der Waals surface area (Å²) in [5, 5.41) is 1.81. The third kappa shape index (κ3) is 2.54. The summed E-state index contributed by atoms with van der Waals surface area (Å²) in [6.07, 6.45) is 0. The van der Waals surface area contributed by atoms with Gasteiger partial charge in [-0.3, -0.25) is 4.52 Å². The topological polar surface area (TPSA) is 48.4 Å². The Bertz CT molecular complexity index is 267. The van der Waals surface area contributed by atoms with E-state index < -0.39 is 14.5 Å². The van der Waals surface area contributed by atoms with Crippen molar-refractivity contribution in [3.8, 4) is 0 Å². The van der Waals surface area contributed by atoms with Crippen molar-refractivity contribution in [3.05, 3.63) is 16.6 Å². The molecule has 0 aliphatic heterocycles. The van der Waals surface area contributed by atoms with Crippen LogP contribution >= 0.6 is 20.0 Å². The average molecular weight is 219 g/mol. The van der Waals surface area contributed by atoms with Crippen LogP contribution in [-0.2, 0) is 19.6 Å². The van der Waals surface area contributed by atoms with Gasteiger partial charge in [0.15, 0.2) is 0 Å². The molecule has 1 unspecified atom stereocenters. The summed E-state index contributed by atoms with van der Waals surface area (Å²) < 4.78 is 20.6. The Labute approximate surface area is 82.2 Å². The molecule has 0 saturated heterocycles. The van der Waals surface area contributed by atoms with E-state index in [0.29, 0.717) is 12.3 Å². The number of thiazole rings is 1. The van der Waals surface area contributed by atoms with Gasteiger partial charge in [-0.1, -0.05) is 0 Å². The fourth-order valence-electron chi connectivity index (χ4n) is 0.930. The van der Waals surface area contributed by atoms with Crippen LogP contribution in [0.3, 0.4) is 0 Å². The molecule has 0 aromatic carbocycles. The lowest BCUT2D eigenvalue weighted by Gasteiger charge is -2.23. The number of aromatic nitrogens is 1. The molecule has 0 radical (unpaired) electrons. The first kappa shape index (κ1) is 10.7. The molecule has 0 saturated carbocycles. The largest absolute Gasteiger partial charge is 0.345 e. The molecule has 0 N–H and O–H groups in total. The zero-order chi connectivity index (χ0) is 9.73. The van der Waals surface area contributed by atoms with E-state index in [9.17, 15) is 4.57 Å². The molecule has 0 spiro atoms. The van der Waals surface area contributed by atoms with Gasteiger partial charge >= 0.3 is 8.69 Å². The van der Waals surface area contributed by atoms with Crippen LogP contribution in [0.2, 0.25) is 0 Å². The van der Waals surface area contributed by atoms with E-state index in [1.54, 1.807) is 17.8 Å². The van der Waals surface area contributed by atoms with E-state index in [4.69, 9.17) is 9.26 Å². The Morgan fingerprint density at radius 2 is 2.54 bits per heavy atom. The maximum atomic E-state index is 10.4. The van der Waals surface area contributed by atoms with Gasteiger partial charge in [0.2, 0.25) is 5.79 Å². The highest BCUT2D eigenvalue weighted by molar-refractivity contribution is 7.17. The second-order valence-electron chi connectivity index (χ2n) is 2.42. The van der Waals surface area contributed by atoms with Crippen LogP contribution < -0.4 is 0 Å². The number of rotatable bonds is 5. The van der Waals surface area contributed by atoms with Crippen molar-refractivity contribution in [1.82, 2.24) is 4.98 Å². The summed E-state index contributed by atoms with van der Waals surface area (Å²) in [5.41, 5.74) is 2.32. The number of ether oxygens (including phenoxy) is 1. The second-order valence-corrected chi connectivity index (χ2v) is 3.47. The molecular formula is C7H10NO3PS. The van der Waals surface area contributed by atoms with Gasteiger partial charge in [-0.25, -0.2) is 9.55 Å². The average Bonchev–Trinajstić information content (AvgIpc) is 2.57. The summed E-state index contributed by atoms with van der Waals surface area (Å²) in [7, 11) is -0.408. The lowest BCUT2D eigenvalue weighted by atomic mass is 10.2. The van der Waals surface area contributed by atoms with Gasteiger partial charge in [0, 0.05) is 12.0 Å². The van der Waals surface area contributed by atoms with Gasteiger partial charge in [-0.15, -0.1) is 11.3 Å². The Morgan fingerprint density at radius 3 is 3.00 bits per heavy atom. The maximum absolute atomic E-state index is 10.4. The fraction of sp³-hybridized carbons (Fsp3) is 0.571. The monoisotopic (exact) mass is 219 g/mol. The van der Waals surface area contributed by atoms with E-state index in [-0.39, 0.29) is 0 Å². The Kier molecular flexibility index (Phi) is 3.93. The van der Waals surface area contributed by atoms with Gasteiger partial charge in [0.25, 0.3) is 0 Å². The normalized spacial score (nSPS) is 15.8. The van der Waals surface area contributed by atoms with E-state index in [0.717, 1.165) is 0 Å². The van der Waals surface area contributed by atoms with Crippen LogP contribution in [0, 0.1) is 0 Å². The van der Waals surface area contributed by atoms with Crippen molar-refractivity contribution < 1.29 is 13.8 Å². The van der Waals surface area contributed by atoms with E-state index >= 15 is 0 Å². The molecule has 0 aliphatic rings. The van der Waals surface area contributed by atoms with Gasteiger partial charge in [-0.2, -0.15) is 0 Å². The second kappa shape index (κ2) is 4.77. The first-order chi connectivity index (χ1) is 6.23. The SMILES string of the molecule is CCOC(C)(OP=O)c1cscn1. The highest BCUT2D eigenvalue weighted by atomic mass is 32.1. The van der Waals surface area contributed by atoms with Gasteiger partial charge in [-0.05, 0) is 13.8 Å². The lowest BCUT2D eigenvalue weighted by molar-refractivity contribution is -0.171. The Hall–Kier alpha value is -0.350. The van der Waals surface area contributed by atoms with Gasteiger partial charge in [0.05, 0.1) is 5.51 Å². The van der Waals surface area contributed by atoms with Crippen molar-refractivity contribution in [2.75, 3.05) is 6.61 Å². The molecule has 13 heavy (non-hydrogen) atoms. The van der Waals surface area contributed by atoms with Crippen LogP contribution in [-0.4, -0.2) is 11.6 Å². The zero-order valence-corrected chi connectivity index (χ0v) is 9.10. The highest BCUT2D eigenvalue weighted by Crippen LogP contribution is 2.29. The molecule has 1 rings (SSSR count). The molecule has 0 aliphatic carbocycles. The Balaban J connectivity index is 2.83. The summed E-state index contributed by atoms with van der Waals surface area (Å²) in [4.78, 5) is 4.05. The minimum atomic E-state index is -1.00. The van der Waals surface area contributed by atoms with Crippen molar-refractivity contribution >= 4 is 20.0 Å². The molecule has 0 amide bonds. The number of nitrogens with zero attached hydrogens (tertiary/aromatic N) is 1. The molecule has 1 heterocycles. The smallest absolute Gasteiger partial charge is 0.330 e. The fourth-order valence-corrected chi connectivity index (χ4v) is 1.86. The molecule has 1 aromatic rings. The molecule has 1 atom stereocenters. The molecule has 1 aromatic heterocycles. The summed E-state index contributed by atoms with van der Waals surface area (Å²) >= 11 is 1.44. The number of hydrogen-bond acceptors (Lipinski definition) is 5. The van der Waals surface area contributed by atoms with Crippen LogP contribution in [0.4, 0.5) is 0 Å². The van der Waals surface area contributed by atoms with E-state index in [1.165, 1.54) is 11.3 Å². The first-order valence-electron chi connectivity index (χ1n) is 3.76. The minimum Gasteiger partial charge on any atom is -0.345 e. The Morgan fingerprint density at radius 1 is 1.77 bits per heavy atom. The number of hydrogen-bond donors (Lipinski definition) is 0. The van der Waals surface area contributed by atoms with Gasteiger partial charge < -0.3 is 4.74 Å². The predicted octanol–water partition coefficient (Wildman–Crippen LogP) is 2.58. The molecule has 72 valence electrons. The molecule has 0 bridgehead atoms. The summed E-state index contributed by atoms with van der Waals surface area (Å²) in [5.74, 6) is -1.00. The van der Waals surface area contributed by atoms with Crippen molar-refractivity contribution in [3.63, 3.8) is 0 Å². The third-order valence-electron chi connectivity index (χ3n) is 1.53. The first-order valence-corrected chi connectivity index (χ1v) is 5.43. The predicted molar refractivity (Wildman–Crippen MR) is 49.8 cm³/mol. The zero-order valence-electron chi connectivity index (χ0n) is 7.39.